The number of aromatic nitrogens is 2. The fraction of sp³-hybridized carbons (Fsp3) is 0.444. The van der Waals surface area contributed by atoms with Gasteiger partial charge in [0, 0.05) is 6.54 Å². The minimum atomic E-state index is -4.44. The molecule has 94 valence electrons. The number of nitrogens with zero attached hydrogens (tertiary/aromatic N) is 3. The summed E-state index contributed by atoms with van der Waals surface area (Å²) >= 11 is 5.46. The van der Waals surface area contributed by atoms with Gasteiger partial charge in [-0.15, -0.1) is 0 Å². The highest BCUT2D eigenvalue weighted by atomic mass is 35.5. The first-order chi connectivity index (χ1) is 7.83. The van der Waals surface area contributed by atoms with Crippen LogP contribution in [0.2, 0.25) is 5.15 Å². The molecule has 0 fully saturated rings. The lowest BCUT2D eigenvalue weighted by molar-refractivity contribution is -0.140. The summed E-state index contributed by atoms with van der Waals surface area (Å²) in [7, 11) is 0. The summed E-state index contributed by atoms with van der Waals surface area (Å²) in [5, 5.41) is 0.0698. The van der Waals surface area contributed by atoms with Crippen molar-refractivity contribution in [3.8, 4) is 0 Å². The predicted octanol–water partition coefficient (Wildman–Crippen LogP) is 2.15. The summed E-state index contributed by atoms with van der Waals surface area (Å²) in [6.45, 7) is 0.0717. The van der Waals surface area contributed by atoms with E-state index in [-0.39, 0.29) is 17.4 Å². The highest BCUT2D eigenvalue weighted by Crippen LogP contribution is 2.17. The first-order valence-corrected chi connectivity index (χ1v) is 5.05. The van der Waals surface area contributed by atoms with E-state index in [1.165, 1.54) is 6.92 Å². The van der Waals surface area contributed by atoms with Crippen LogP contribution in [0.1, 0.15) is 17.4 Å². The second kappa shape index (κ2) is 5.31. The van der Waals surface area contributed by atoms with Gasteiger partial charge in [-0.05, 0) is 6.92 Å². The van der Waals surface area contributed by atoms with Crippen molar-refractivity contribution in [3.05, 3.63) is 23.2 Å². The van der Waals surface area contributed by atoms with Crippen LogP contribution in [-0.4, -0.2) is 40.0 Å². The Labute approximate surface area is 100 Å². The Hall–Kier alpha value is -1.37. The number of carbonyl (C=O) groups excluding carboxylic acids is 1. The van der Waals surface area contributed by atoms with Gasteiger partial charge in [0.2, 0.25) is 0 Å². The quantitative estimate of drug-likeness (QED) is 0.843. The lowest BCUT2D eigenvalue weighted by atomic mass is 10.3. The van der Waals surface area contributed by atoms with Crippen LogP contribution in [0, 0.1) is 0 Å². The molecular formula is C9H9ClF3N3O. The molecule has 0 aliphatic rings. The zero-order valence-corrected chi connectivity index (χ0v) is 9.59. The number of carbonyl (C=O) groups is 1. The van der Waals surface area contributed by atoms with Crippen molar-refractivity contribution >= 4 is 17.5 Å². The number of halogens is 4. The topological polar surface area (TPSA) is 46.1 Å². The molecule has 8 heteroatoms. The van der Waals surface area contributed by atoms with E-state index >= 15 is 0 Å². The molecule has 17 heavy (non-hydrogen) atoms. The molecule has 0 atom stereocenters. The molecule has 4 nitrogen and oxygen atoms in total. The van der Waals surface area contributed by atoms with Crippen molar-refractivity contribution in [2.45, 2.75) is 13.1 Å². The van der Waals surface area contributed by atoms with Crippen molar-refractivity contribution in [2.75, 3.05) is 13.1 Å². The Morgan fingerprint density at radius 3 is 2.47 bits per heavy atom. The van der Waals surface area contributed by atoms with Gasteiger partial charge in [0.05, 0.1) is 12.4 Å². The van der Waals surface area contributed by atoms with Gasteiger partial charge in [0.15, 0.2) is 0 Å². The molecule has 1 rings (SSSR count). The lowest BCUT2D eigenvalue weighted by Crippen LogP contribution is -2.39. The van der Waals surface area contributed by atoms with E-state index in [4.69, 9.17) is 11.6 Å². The minimum Gasteiger partial charge on any atom is -0.328 e. The highest BCUT2D eigenvalue weighted by molar-refractivity contribution is 6.29. The number of hydrogen-bond acceptors (Lipinski definition) is 3. The molecule has 1 aromatic heterocycles. The first-order valence-electron chi connectivity index (χ1n) is 4.67. The standard InChI is InChI=1S/C9H9ClF3N3O/c1-2-16(5-9(11,12)13)8(17)6-3-15-7(10)4-14-6/h3-4H,2,5H2,1H3. The van der Waals surface area contributed by atoms with Crippen LogP contribution in [-0.2, 0) is 0 Å². The Morgan fingerprint density at radius 2 is 2.06 bits per heavy atom. The molecule has 1 amide bonds. The van der Waals surface area contributed by atoms with Crippen LogP contribution in [0.25, 0.3) is 0 Å². The van der Waals surface area contributed by atoms with Gasteiger partial charge in [0.1, 0.15) is 17.4 Å². The molecule has 1 aromatic rings. The second-order valence-electron chi connectivity index (χ2n) is 3.16. The van der Waals surface area contributed by atoms with E-state index in [0.29, 0.717) is 4.90 Å². The summed E-state index contributed by atoms with van der Waals surface area (Å²) < 4.78 is 36.5. The van der Waals surface area contributed by atoms with Gasteiger partial charge in [-0.25, -0.2) is 9.97 Å². The monoisotopic (exact) mass is 267 g/mol. The number of rotatable bonds is 3. The van der Waals surface area contributed by atoms with Gasteiger partial charge in [0.25, 0.3) is 5.91 Å². The molecular weight excluding hydrogens is 259 g/mol. The van der Waals surface area contributed by atoms with E-state index in [1.54, 1.807) is 0 Å². The molecule has 0 N–H and O–H groups in total. The average Bonchev–Trinajstić information content (AvgIpc) is 2.25. The largest absolute Gasteiger partial charge is 0.406 e. The molecule has 0 aliphatic carbocycles. The normalized spacial score (nSPS) is 11.4. The summed E-state index contributed by atoms with van der Waals surface area (Å²) in [5.41, 5.74) is -0.166. The molecule has 0 unspecified atom stereocenters. The van der Waals surface area contributed by atoms with Crippen LogP contribution in [0.4, 0.5) is 13.2 Å². The van der Waals surface area contributed by atoms with E-state index in [1.807, 2.05) is 0 Å². The van der Waals surface area contributed by atoms with Crippen LogP contribution < -0.4 is 0 Å². The molecule has 0 spiro atoms. The van der Waals surface area contributed by atoms with E-state index in [9.17, 15) is 18.0 Å². The Balaban J connectivity index is 2.83. The number of amides is 1. The molecule has 0 aliphatic heterocycles. The van der Waals surface area contributed by atoms with Gasteiger partial charge in [-0.3, -0.25) is 4.79 Å². The Kier molecular flexibility index (Phi) is 4.28. The zero-order chi connectivity index (χ0) is 13.1. The summed E-state index contributed by atoms with van der Waals surface area (Å²) in [6.07, 6.45) is -2.29. The third-order valence-corrected chi connectivity index (χ3v) is 2.07. The second-order valence-corrected chi connectivity index (χ2v) is 3.55. The van der Waals surface area contributed by atoms with Gasteiger partial charge in [-0.1, -0.05) is 11.6 Å². The summed E-state index contributed by atoms with van der Waals surface area (Å²) in [6, 6.07) is 0. The molecule has 0 radical (unpaired) electrons. The third-order valence-electron chi connectivity index (χ3n) is 1.88. The van der Waals surface area contributed by atoms with Crippen molar-refractivity contribution in [1.82, 2.24) is 14.9 Å². The maximum Gasteiger partial charge on any atom is 0.406 e. The van der Waals surface area contributed by atoms with Crippen molar-refractivity contribution < 1.29 is 18.0 Å². The smallest absolute Gasteiger partial charge is 0.328 e. The molecule has 0 aromatic carbocycles. The Morgan fingerprint density at radius 1 is 1.41 bits per heavy atom. The zero-order valence-electron chi connectivity index (χ0n) is 8.83. The number of hydrogen-bond donors (Lipinski definition) is 0. The van der Waals surface area contributed by atoms with Gasteiger partial charge >= 0.3 is 6.18 Å². The fourth-order valence-electron chi connectivity index (χ4n) is 1.13. The predicted molar refractivity (Wildman–Crippen MR) is 54.7 cm³/mol. The van der Waals surface area contributed by atoms with Crippen LogP contribution in [0.15, 0.2) is 12.4 Å². The van der Waals surface area contributed by atoms with Gasteiger partial charge < -0.3 is 4.90 Å². The average molecular weight is 268 g/mol. The van der Waals surface area contributed by atoms with Crippen molar-refractivity contribution in [1.29, 1.82) is 0 Å². The fourth-order valence-corrected chi connectivity index (χ4v) is 1.23. The van der Waals surface area contributed by atoms with E-state index in [2.05, 4.69) is 9.97 Å². The van der Waals surface area contributed by atoms with Crippen LogP contribution in [0.3, 0.4) is 0 Å². The van der Waals surface area contributed by atoms with E-state index in [0.717, 1.165) is 12.4 Å². The van der Waals surface area contributed by atoms with Crippen LogP contribution in [0.5, 0.6) is 0 Å². The van der Waals surface area contributed by atoms with Crippen molar-refractivity contribution in [2.24, 2.45) is 0 Å². The maximum atomic E-state index is 12.2. The summed E-state index contributed by atoms with van der Waals surface area (Å²) in [4.78, 5) is 19.5. The number of alkyl halides is 3. The van der Waals surface area contributed by atoms with Crippen molar-refractivity contribution in [3.63, 3.8) is 0 Å². The summed E-state index contributed by atoms with van der Waals surface area (Å²) in [5.74, 6) is -0.825. The third kappa shape index (κ3) is 4.18. The SMILES string of the molecule is CCN(CC(F)(F)F)C(=O)c1cnc(Cl)cn1. The Bertz CT molecular complexity index is 393. The lowest BCUT2D eigenvalue weighted by Gasteiger charge is -2.21. The molecule has 0 bridgehead atoms. The molecule has 0 saturated carbocycles. The molecule has 0 saturated heterocycles. The van der Waals surface area contributed by atoms with Gasteiger partial charge in [-0.2, -0.15) is 13.2 Å². The highest BCUT2D eigenvalue weighted by Gasteiger charge is 2.33. The first kappa shape index (κ1) is 13.7. The molecule has 1 heterocycles. The minimum absolute atomic E-state index is 0.0668. The van der Waals surface area contributed by atoms with Crippen LogP contribution >= 0.6 is 11.6 Å². The van der Waals surface area contributed by atoms with E-state index < -0.39 is 18.6 Å². The maximum absolute atomic E-state index is 12.2.